The van der Waals surface area contributed by atoms with E-state index < -0.39 is 0 Å². The molecule has 0 spiro atoms. The molecule has 2 aliphatic rings. The molecule has 2 amide bonds. The summed E-state index contributed by atoms with van der Waals surface area (Å²) >= 11 is 0. The minimum Gasteiger partial charge on any atom is -0.376 e. The SMILES string of the molecule is CC(=O)N1c2cc(N(C)C)c(NC(=O)C3CCCC3)cc2C(C)(c2ccccc2)CC1(C)C. The third-order valence-electron chi connectivity index (χ3n) is 7.53. The molecule has 0 saturated heterocycles. The fourth-order valence-electron chi connectivity index (χ4n) is 6.12. The number of hydrogen-bond acceptors (Lipinski definition) is 3. The summed E-state index contributed by atoms with van der Waals surface area (Å²) in [6.07, 6.45) is 4.95. The molecule has 5 heteroatoms. The van der Waals surface area contributed by atoms with Crippen LogP contribution >= 0.6 is 0 Å². The van der Waals surface area contributed by atoms with Gasteiger partial charge < -0.3 is 15.1 Å². The molecule has 1 fully saturated rings. The lowest BCUT2D eigenvalue weighted by molar-refractivity contribution is -0.120. The third kappa shape index (κ3) is 4.14. The van der Waals surface area contributed by atoms with Crippen molar-refractivity contribution in [3.63, 3.8) is 0 Å². The van der Waals surface area contributed by atoms with Gasteiger partial charge >= 0.3 is 0 Å². The molecule has 1 aliphatic heterocycles. The van der Waals surface area contributed by atoms with Crippen molar-refractivity contribution < 1.29 is 9.59 Å². The predicted octanol–water partition coefficient (Wildman–Crippen LogP) is 5.72. The maximum atomic E-state index is 13.1. The van der Waals surface area contributed by atoms with E-state index in [0.29, 0.717) is 0 Å². The molecule has 1 unspecified atom stereocenters. The van der Waals surface area contributed by atoms with Gasteiger partial charge in [0, 0.05) is 37.9 Å². The highest BCUT2D eigenvalue weighted by atomic mass is 16.2. The highest BCUT2D eigenvalue weighted by Gasteiger charge is 2.47. The standard InChI is InChI=1S/C28H37N3O2/c1-19(32)31-24-17-25(30(5)6)23(29-26(33)20-12-10-11-13-20)16-22(24)28(4,18-27(31,2)3)21-14-8-7-9-15-21/h7-9,14-17,20H,10-13,18H2,1-6H3,(H,29,33). The average molecular weight is 448 g/mol. The maximum absolute atomic E-state index is 13.1. The van der Waals surface area contributed by atoms with Crippen LogP contribution in [0, 0.1) is 5.92 Å². The minimum atomic E-state index is -0.360. The topological polar surface area (TPSA) is 52.7 Å². The molecular weight excluding hydrogens is 410 g/mol. The largest absolute Gasteiger partial charge is 0.376 e. The number of anilines is 3. The minimum absolute atomic E-state index is 0.0313. The van der Waals surface area contributed by atoms with Gasteiger partial charge in [0.25, 0.3) is 0 Å². The second kappa shape index (κ2) is 8.51. The van der Waals surface area contributed by atoms with Gasteiger partial charge in [0.1, 0.15) is 0 Å². The van der Waals surface area contributed by atoms with Crippen molar-refractivity contribution in [3.05, 3.63) is 53.6 Å². The van der Waals surface area contributed by atoms with E-state index in [-0.39, 0.29) is 28.7 Å². The Morgan fingerprint density at radius 2 is 1.67 bits per heavy atom. The summed E-state index contributed by atoms with van der Waals surface area (Å²) in [7, 11) is 3.96. The van der Waals surface area contributed by atoms with E-state index in [9.17, 15) is 9.59 Å². The zero-order valence-electron chi connectivity index (χ0n) is 20.9. The van der Waals surface area contributed by atoms with E-state index in [4.69, 9.17) is 0 Å². The number of benzene rings is 2. The number of fused-ring (bicyclic) bond motifs is 1. The molecule has 1 heterocycles. The van der Waals surface area contributed by atoms with Gasteiger partial charge in [0.2, 0.25) is 11.8 Å². The van der Waals surface area contributed by atoms with Crippen molar-refractivity contribution in [2.75, 3.05) is 29.2 Å². The Labute approximate surface area is 198 Å². The molecule has 176 valence electrons. The summed E-state index contributed by atoms with van der Waals surface area (Å²) in [6, 6.07) is 14.7. The smallest absolute Gasteiger partial charge is 0.227 e. The molecule has 1 N–H and O–H groups in total. The van der Waals surface area contributed by atoms with E-state index in [1.165, 1.54) is 5.56 Å². The molecule has 2 aromatic carbocycles. The van der Waals surface area contributed by atoms with Gasteiger partial charge in [-0.2, -0.15) is 0 Å². The predicted molar refractivity (Wildman–Crippen MR) is 136 cm³/mol. The van der Waals surface area contributed by atoms with Crippen molar-refractivity contribution in [2.45, 2.75) is 70.8 Å². The van der Waals surface area contributed by atoms with E-state index in [0.717, 1.165) is 54.7 Å². The van der Waals surface area contributed by atoms with Crippen LogP contribution in [-0.2, 0) is 15.0 Å². The molecule has 1 aliphatic carbocycles. The highest BCUT2D eigenvalue weighted by molar-refractivity contribution is 6.00. The van der Waals surface area contributed by atoms with Crippen LogP contribution < -0.4 is 15.1 Å². The summed E-state index contributed by atoms with van der Waals surface area (Å²) in [6.45, 7) is 8.19. The Morgan fingerprint density at radius 1 is 1.03 bits per heavy atom. The summed E-state index contributed by atoms with van der Waals surface area (Å²) in [5, 5.41) is 3.25. The van der Waals surface area contributed by atoms with Gasteiger partial charge in [-0.05, 0) is 56.4 Å². The van der Waals surface area contributed by atoms with E-state index in [1.807, 2.05) is 30.0 Å². The van der Waals surface area contributed by atoms with E-state index in [1.54, 1.807) is 6.92 Å². The monoisotopic (exact) mass is 447 g/mol. The molecular formula is C28H37N3O2. The molecule has 2 aromatic rings. The molecule has 0 radical (unpaired) electrons. The van der Waals surface area contributed by atoms with Crippen molar-refractivity contribution in [3.8, 4) is 0 Å². The summed E-state index contributed by atoms with van der Waals surface area (Å²) in [5.41, 5.74) is 4.29. The Morgan fingerprint density at radius 3 is 2.24 bits per heavy atom. The average Bonchev–Trinajstić information content (AvgIpc) is 3.28. The molecule has 5 nitrogen and oxygen atoms in total. The first kappa shape index (κ1) is 23.3. The lowest BCUT2D eigenvalue weighted by atomic mass is 9.65. The Bertz CT molecular complexity index is 1050. The zero-order chi connectivity index (χ0) is 24.0. The summed E-state index contributed by atoms with van der Waals surface area (Å²) < 4.78 is 0. The van der Waals surface area contributed by atoms with E-state index in [2.05, 4.69) is 62.5 Å². The maximum Gasteiger partial charge on any atom is 0.227 e. The zero-order valence-corrected chi connectivity index (χ0v) is 20.9. The fraction of sp³-hybridized carbons (Fsp3) is 0.500. The quantitative estimate of drug-likeness (QED) is 0.652. The van der Waals surface area contributed by atoms with Gasteiger partial charge in [-0.25, -0.2) is 0 Å². The second-order valence-electron chi connectivity index (χ2n) is 10.8. The van der Waals surface area contributed by atoms with Gasteiger partial charge in [0.05, 0.1) is 17.1 Å². The van der Waals surface area contributed by atoms with Crippen LogP contribution in [0.5, 0.6) is 0 Å². The number of rotatable bonds is 4. The van der Waals surface area contributed by atoms with Crippen LogP contribution in [0.15, 0.2) is 42.5 Å². The Balaban J connectivity index is 1.92. The first-order chi connectivity index (χ1) is 15.5. The molecule has 0 bridgehead atoms. The Hall–Kier alpha value is -2.82. The first-order valence-corrected chi connectivity index (χ1v) is 12.1. The van der Waals surface area contributed by atoms with Gasteiger partial charge in [-0.15, -0.1) is 0 Å². The van der Waals surface area contributed by atoms with E-state index >= 15 is 0 Å². The molecule has 4 rings (SSSR count). The van der Waals surface area contributed by atoms with Crippen LogP contribution in [0.1, 0.15) is 70.9 Å². The normalized spacial score (nSPS) is 22.1. The van der Waals surface area contributed by atoms with Crippen molar-refractivity contribution >= 4 is 28.9 Å². The number of carbonyl (C=O) groups is 2. The number of nitrogens with one attached hydrogen (secondary N) is 1. The highest BCUT2D eigenvalue weighted by Crippen LogP contribution is 2.52. The third-order valence-corrected chi connectivity index (χ3v) is 7.53. The van der Waals surface area contributed by atoms with Gasteiger partial charge in [0.15, 0.2) is 0 Å². The van der Waals surface area contributed by atoms with Crippen LogP contribution in [0.25, 0.3) is 0 Å². The lowest BCUT2D eigenvalue weighted by Gasteiger charge is -2.51. The summed E-state index contributed by atoms with van der Waals surface area (Å²) in [5.74, 6) is 0.226. The first-order valence-electron chi connectivity index (χ1n) is 12.1. The van der Waals surface area contributed by atoms with Crippen molar-refractivity contribution in [2.24, 2.45) is 5.92 Å². The molecule has 1 atom stereocenters. The molecule has 1 saturated carbocycles. The number of amides is 2. The number of carbonyl (C=O) groups excluding carboxylic acids is 2. The van der Waals surface area contributed by atoms with Crippen LogP contribution in [0.3, 0.4) is 0 Å². The number of nitrogens with zero attached hydrogens (tertiary/aromatic N) is 2. The Kier molecular flexibility index (Phi) is 6.02. The second-order valence-corrected chi connectivity index (χ2v) is 10.8. The van der Waals surface area contributed by atoms with Crippen LogP contribution in [-0.4, -0.2) is 31.4 Å². The van der Waals surface area contributed by atoms with Crippen LogP contribution in [0.4, 0.5) is 17.1 Å². The number of hydrogen-bond donors (Lipinski definition) is 1. The fourth-order valence-corrected chi connectivity index (χ4v) is 6.12. The molecule has 0 aromatic heterocycles. The lowest BCUT2D eigenvalue weighted by Crippen LogP contribution is -2.55. The van der Waals surface area contributed by atoms with Crippen molar-refractivity contribution in [1.29, 1.82) is 0 Å². The summed E-state index contributed by atoms with van der Waals surface area (Å²) in [4.78, 5) is 29.9. The molecule has 33 heavy (non-hydrogen) atoms. The van der Waals surface area contributed by atoms with Crippen LogP contribution in [0.2, 0.25) is 0 Å². The van der Waals surface area contributed by atoms with Gasteiger partial charge in [-0.1, -0.05) is 50.1 Å². The van der Waals surface area contributed by atoms with Crippen molar-refractivity contribution in [1.82, 2.24) is 0 Å². The van der Waals surface area contributed by atoms with Gasteiger partial charge in [-0.3, -0.25) is 9.59 Å².